The minimum Gasteiger partial charge on any atom is -0.451 e. The molecule has 242 valence electrons. The predicted octanol–water partition coefficient (Wildman–Crippen LogP) is 4.43. The number of benzene rings is 1. The molecule has 0 aliphatic rings. The summed E-state index contributed by atoms with van der Waals surface area (Å²) in [5, 5.41) is 21.4. The molecule has 0 aliphatic carbocycles. The molecule has 5 rings (SSSR count). The molecule has 4 heterocycles. The van der Waals surface area contributed by atoms with Gasteiger partial charge in [0.1, 0.15) is 5.58 Å². The summed E-state index contributed by atoms with van der Waals surface area (Å²) in [6, 6.07) is 8.96. The Labute approximate surface area is 266 Å². The van der Waals surface area contributed by atoms with E-state index in [1.54, 1.807) is 26.2 Å². The van der Waals surface area contributed by atoms with Crippen molar-refractivity contribution < 1.29 is 28.5 Å². The van der Waals surface area contributed by atoms with Crippen LogP contribution in [0.15, 0.2) is 84.1 Å². The molecule has 4 N–H and O–H groups in total. The van der Waals surface area contributed by atoms with Crippen molar-refractivity contribution in [3.63, 3.8) is 0 Å². The lowest BCUT2D eigenvalue weighted by molar-refractivity contribution is -0.383. The van der Waals surface area contributed by atoms with E-state index in [4.69, 9.17) is 15.6 Å². The summed E-state index contributed by atoms with van der Waals surface area (Å²) in [5.41, 5.74) is 6.50. The maximum absolute atomic E-state index is 13.2. The number of carbonyl (C=O) groups is 4. The fourth-order valence-corrected chi connectivity index (χ4v) is 4.65. The number of anilines is 3. The Morgan fingerprint density at radius 2 is 1.47 bits per heavy atom. The van der Waals surface area contributed by atoms with Gasteiger partial charge in [0.05, 0.1) is 33.2 Å². The molecule has 4 amide bonds. The van der Waals surface area contributed by atoms with E-state index < -0.39 is 22.9 Å². The SMILES string of the molecule is CN(CCC(=N)N)C(=O)n1ccc(N(C)C(=O)n2ccc(N(C)C(=O)n3ccc(NC(=O)c4cc5c([N+](=O)[O-])cccc5o4)c3)c2)c1. The van der Waals surface area contributed by atoms with Gasteiger partial charge in [0.25, 0.3) is 11.6 Å². The van der Waals surface area contributed by atoms with Gasteiger partial charge in [-0.05, 0) is 24.3 Å². The molecule has 0 aliphatic heterocycles. The Bertz CT molecular complexity index is 2030. The van der Waals surface area contributed by atoms with Gasteiger partial charge >= 0.3 is 18.1 Å². The Kier molecular flexibility index (Phi) is 8.62. The normalized spacial score (nSPS) is 10.9. The number of nitro groups is 1. The molecule has 0 atom stereocenters. The quantitative estimate of drug-likeness (QED) is 0.0951. The predicted molar refractivity (Wildman–Crippen MR) is 172 cm³/mol. The highest BCUT2D eigenvalue weighted by Crippen LogP contribution is 2.29. The van der Waals surface area contributed by atoms with Gasteiger partial charge in [0, 0.05) is 83.4 Å². The van der Waals surface area contributed by atoms with E-state index >= 15 is 0 Å². The molecule has 0 unspecified atom stereocenters. The highest BCUT2D eigenvalue weighted by atomic mass is 16.6. The number of rotatable bonds is 8. The van der Waals surface area contributed by atoms with E-state index in [1.807, 2.05) is 0 Å². The van der Waals surface area contributed by atoms with Gasteiger partial charge in [0.2, 0.25) is 0 Å². The topological polar surface area (TPSA) is 211 Å². The van der Waals surface area contributed by atoms with Crippen LogP contribution in [-0.2, 0) is 0 Å². The van der Waals surface area contributed by atoms with Crippen molar-refractivity contribution >= 4 is 63.6 Å². The average molecular weight is 643 g/mol. The van der Waals surface area contributed by atoms with Gasteiger partial charge in [-0.3, -0.25) is 43.8 Å². The second kappa shape index (κ2) is 12.8. The van der Waals surface area contributed by atoms with Crippen LogP contribution >= 0.6 is 0 Å². The van der Waals surface area contributed by atoms with Crippen LogP contribution in [0, 0.1) is 15.5 Å². The van der Waals surface area contributed by atoms with Crippen molar-refractivity contribution in [3.05, 3.63) is 95.5 Å². The Balaban J connectivity index is 1.22. The molecule has 0 spiro atoms. The third-order valence-electron chi connectivity index (χ3n) is 7.32. The molecule has 1 aromatic carbocycles. The van der Waals surface area contributed by atoms with E-state index in [2.05, 4.69) is 5.32 Å². The number of fused-ring (bicyclic) bond motifs is 1. The van der Waals surface area contributed by atoms with Gasteiger partial charge in [-0.15, -0.1) is 0 Å². The monoisotopic (exact) mass is 642 g/mol. The zero-order valence-corrected chi connectivity index (χ0v) is 25.5. The first kappa shape index (κ1) is 31.8. The Morgan fingerprint density at radius 1 is 0.894 bits per heavy atom. The number of carbonyl (C=O) groups excluding carboxylic acids is 4. The molecule has 0 saturated heterocycles. The lowest BCUT2D eigenvalue weighted by atomic mass is 10.2. The first-order valence-electron chi connectivity index (χ1n) is 14.0. The molecule has 17 nitrogen and oxygen atoms in total. The van der Waals surface area contributed by atoms with Crippen molar-refractivity contribution in [2.75, 3.05) is 42.8 Å². The number of furan rings is 1. The van der Waals surface area contributed by atoms with Gasteiger partial charge in [0.15, 0.2) is 5.76 Å². The Morgan fingerprint density at radius 3 is 2.06 bits per heavy atom. The minimum absolute atomic E-state index is 0.0266. The molecular formula is C30H30N10O7. The van der Waals surface area contributed by atoms with E-state index in [1.165, 1.54) is 103 Å². The first-order valence-corrected chi connectivity index (χ1v) is 14.0. The lowest BCUT2D eigenvalue weighted by Crippen LogP contribution is -2.33. The third-order valence-corrected chi connectivity index (χ3v) is 7.32. The number of nitro benzene ring substituents is 1. The van der Waals surface area contributed by atoms with Gasteiger partial charge in [-0.1, -0.05) is 6.07 Å². The second-order valence-electron chi connectivity index (χ2n) is 10.5. The number of nitrogens with zero attached hydrogens (tertiary/aromatic N) is 7. The number of nitrogens with two attached hydrogens (primary N) is 1. The van der Waals surface area contributed by atoms with Gasteiger partial charge in [-0.2, -0.15) is 0 Å². The second-order valence-corrected chi connectivity index (χ2v) is 10.5. The molecule has 4 aromatic heterocycles. The van der Waals surface area contributed by atoms with Gasteiger partial charge < -0.3 is 20.4 Å². The summed E-state index contributed by atoms with van der Waals surface area (Å²) < 4.78 is 9.33. The van der Waals surface area contributed by atoms with Crippen molar-refractivity contribution in [1.29, 1.82) is 5.41 Å². The molecule has 0 radical (unpaired) electrons. The molecule has 47 heavy (non-hydrogen) atoms. The highest BCUT2D eigenvalue weighted by Gasteiger charge is 2.22. The molecule has 5 aromatic rings. The number of nitrogens with one attached hydrogen (secondary N) is 2. The number of non-ortho nitro benzene ring substituents is 1. The zero-order valence-electron chi connectivity index (χ0n) is 25.5. The number of aromatic nitrogens is 3. The van der Waals surface area contributed by atoms with Crippen molar-refractivity contribution in [2.45, 2.75) is 6.42 Å². The molecule has 0 fully saturated rings. The van der Waals surface area contributed by atoms with Crippen molar-refractivity contribution in [1.82, 2.24) is 18.6 Å². The Hall–Kier alpha value is -6.65. The first-order chi connectivity index (χ1) is 22.3. The van der Waals surface area contributed by atoms with E-state index in [-0.39, 0.29) is 52.9 Å². The zero-order chi connectivity index (χ0) is 34.0. The minimum atomic E-state index is -0.659. The summed E-state index contributed by atoms with van der Waals surface area (Å²) in [4.78, 5) is 66.6. The molecule has 17 heteroatoms. The molecule has 0 saturated carbocycles. The summed E-state index contributed by atoms with van der Waals surface area (Å²) in [6.45, 7) is 0.269. The standard InChI is InChI=1S/C30H30N10O7/c1-34(11-10-26(31)32)28(42)38-13-8-20(17-38)36(3)30(44)39-14-9-21(18-39)35(2)29(43)37-12-7-19(16-37)33-27(41)25-15-22-23(40(45)46)5-4-6-24(22)47-25/h4-9,12-18H,10-11H2,1-3H3,(H3,31,32)(H,33,41). The molecular weight excluding hydrogens is 612 g/mol. The van der Waals surface area contributed by atoms with Crippen molar-refractivity contribution in [3.8, 4) is 0 Å². The maximum atomic E-state index is 13.2. The fraction of sp³-hybridized carbons (Fsp3) is 0.167. The van der Waals surface area contributed by atoms with Gasteiger partial charge in [-0.25, -0.2) is 14.4 Å². The van der Waals surface area contributed by atoms with Crippen LogP contribution in [0.4, 0.5) is 37.1 Å². The smallest absolute Gasteiger partial charge is 0.332 e. The third kappa shape index (κ3) is 6.58. The van der Waals surface area contributed by atoms with Crippen LogP contribution in [-0.4, -0.2) is 81.0 Å². The molecule has 0 bridgehead atoms. The summed E-state index contributed by atoms with van der Waals surface area (Å²) in [7, 11) is 4.65. The summed E-state index contributed by atoms with van der Waals surface area (Å²) in [5.74, 6) is -0.823. The van der Waals surface area contributed by atoms with E-state index in [0.717, 1.165) is 0 Å². The highest BCUT2D eigenvalue weighted by molar-refractivity contribution is 6.06. The fourth-order valence-electron chi connectivity index (χ4n) is 4.65. The number of hydrogen-bond donors (Lipinski definition) is 3. The van der Waals surface area contributed by atoms with E-state index in [0.29, 0.717) is 11.4 Å². The van der Waals surface area contributed by atoms with E-state index in [9.17, 15) is 29.3 Å². The van der Waals surface area contributed by atoms with Crippen LogP contribution in [0.3, 0.4) is 0 Å². The average Bonchev–Trinajstić information content (AvgIpc) is 3.87. The van der Waals surface area contributed by atoms with Crippen molar-refractivity contribution in [2.24, 2.45) is 5.73 Å². The summed E-state index contributed by atoms with van der Waals surface area (Å²) in [6.07, 6.45) is 9.07. The van der Waals surface area contributed by atoms with Crippen LogP contribution in [0.25, 0.3) is 11.0 Å². The van der Waals surface area contributed by atoms with Crippen LogP contribution < -0.4 is 20.9 Å². The number of amidine groups is 1. The number of hydrogen-bond acceptors (Lipinski definition) is 8. The van der Waals surface area contributed by atoms with Crippen LogP contribution in [0.2, 0.25) is 0 Å². The number of amides is 4. The largest absolute Gasteiger partial charge is 0.451 e. The maximum Gasteiger partial charge on any atom is 0.332 e. The van der Waals surface area contributed by atoms with Crippen LogP contribution in [0.5, 0.6) is 0 Å². The summed E-state index contributed by atoms with van der Waals surface area (Å²) >= 11 is 0. The lowest BCUT2D eigenvalue weighted by Gasteiger charge is -2.18. The van der Waals surface area contributed by atoms with Crippen LogP contribution in [0.1, 0.15) is 17.0 Å².